The van der Waals surface area contributed by atoms with Gasteiger partial charge in [0, 0.05) is 17.8 Å². The molecule has 2 aromatic carbocycles. The van der Waals surface area contributed by atoms with Crippen LogP contribution in [-0.4, -0.2) is 46.9 Å². The van der Waals surface area contributed by atoms with Crippen molar-refractivity contribution in [3.8, 4) is 6.07 Å². The van der Waals surface area contributed by atoms with Crippen LogP contribution in [0.15, 0.2) is 48.5 Å². The summed E-state index contributed by atoms with van der Waals surface area (Å²) in [5, 5.41) is 11.6. The first kappa shape index (κ1) is 23.9. The number of benzene rings is 2. The van der Waals surface area contributed by atoms with Crippen molar-refractivity contribution in [2.45, 2.75) is 12.8 Å². The summed E-state index contributed by atoms with van der Waals surface area (Å²) < 4.78 is 31.9. The van der Waals surface area contributed by atoms with Crippen molar-refractivity contribution >= 4 is 33.5 Å². The first-order chi connectivity index (χ1) is 14.7. The van der Waals surface area contributed by atoms with E-state index in [9.17, 15) is 18.0 Å². The van der Waals surface area contributed by atoms with E-state index < -0.39 is 16.1 Å². The predicted molar refractivity (Wildman–Crippen MR) is 115 cm³/mol. The molecule has 0 aliphatic heterocycles. The number of esters is 1. The quantitative estimate of drug-likeness (QED) is 0.464. The van der Waals surface area contributed by atoms with Crippen LogP contribution in [0.1, 0.15) is 17.5 Å². The van der Waals surface area contributed by atoms with E-state index in [-0.39, 0.29) is 25.5 Å². The molecule has 0 aromatic heterocycles. The SMILES string of the molecule is COC(=O)CCc1ccc(N(CCOS(C)(=O)=O)C(=O)Nc2ccc(C#N)cc2)cc1. The van der Waals surface area contributed by atoms with Gasteiger partial charge < -0.3 is 10.1 Å². The summed E-state index contributed by atoms with van der Waals surface area (Å²) in [4.78, 5) is 25.5. The van der Waals surface area contributed by atoms with Crippen LogP contribution < -0.4 is 10.2 Å². The maximum absolute atomic E-state index is 12.8. The van der Waals surface area contributed by atoms with Crippen molar-refractivity contribution in [1.82, 2.24) is 0 Å². The minimum absolute atomic E-state index is 0.0172. The monoisotopic (exact) mass is 445 g/mol. The summed E-state index contributed by atoms with van der Waals surface area (Å²) in [6, 6.07) is 14.8. The minimum atomic E-state index is -3.65. The first-order valence-corrected chi connectivity index (χ1v) is 11.1. The van der Waals surface area contributed by atoms with Crippen molar-refractivity contribution in [1.29, 1.82) is 5.26 Å². The van der Waals surface area contributed by atoms with Crippen LogP contribution in [-0.2, 0) is 30.3 Å². The number of nitriles is 1. The molecule has 0 saturated heterocycles. The van der Waals surface area contributed by atoms with Crippen LogP contribution in [0.3, 0.4) is 0 Å². The third-order valence-corrected chi connectivity index (χ3v) is 4.81. The van der Waals surface area contributed by atoms with Crippen molar-refractivity contribution in [3.63, 3.8) is 0 Å². The van der Waals surface area contributed by atoms with E-state index in [0.29, 0.717) is 23.4 Å². The number of nitrogens with one attached hydrogen (secondary N) is 1. The number of aryl methyl sites for hydroxylation is 1. The Morgan fingerprint density at radius 3 is 2.29 bits per heavy atom. The largest absolute Gasteiger partial charge is 0.469 e. The molecule has 0 bridgehead atoms. The highest BCUT2D eigenvalue weighted by molar-refractivity contribution is 7.85. The molecule has 1 N–H and O–H groups in total. The molecule has 0 spiro atoms. The number of methoxy groups -OCH3 is 1. The van der Waals surface area contributed by atoms with Gasteiger partial charge in [0.2, 0.25) is 0 Å². The molecule has 0 saturated carbocycles. The zero-order valence-electron chi connectivity index (χ0n) is 17.2. The number of carbonyl (C=O) groups is 2. The summed E-state index contributed by atoms with van der Waals surface area (Å²) in [6.07, 6.45) is 1.66. The third kappa shape index (κ3) is 8.08. The number of urea groups is 1. The average Bonchev–Trinajstić information content (AvgIpc) is 2.75. The van der Waals surface area contributed by atoms with Crippen molar-refractivity contribution in [2.75, 3.05) is 36.7 Å². The molecule has 0 aliphatic carbocycles. The Bertz CT molecular complexity index is 1040. The van der Waals surface area contributed by atoms with Crippen molar-refractivity contribution < 1.29 is 26.9 Å². The first-order valence-electron chi connectivity index (χ1n) is 9.30. The van der Waals surface area contributed by atoms with Crippen molar-refractivity contribution in [2.24, 2.45) is 0 Å². The van der Waals surface area contributed by atoms with Crippen LogP contribution in [0.5, 0.6) is 0 Å². The van der Waals surface area contributed by atoms with E-state index in [4.69, 9.17) is 9.44 Å². The molecule has 0 atom stereocenters. The topological polar surface area (TPSA) is 126 Å². The summed E-state index contributed by atoms with van der Waals surface area (Å²) in [6.45, 7) is -0.236. The average molecular weight is 445 g/mol. The fourth-order valence-corrected chi connectivity index (χ4v) is 3.02. The van der Waals surface area contributed by atoms with Crippen LogP contribution in [0.4, 0.5) is 16.2 Å². The van der Waals surface area contributed by atoms with E-state index in [1.54, 1.807) is 48.5 Å². The molecule has 2 amide bonds. The van der Waals surface area contributed by atoms with Gasteiger partial charge in [-0.1, -0.05) is 12.1 Å². The van der Waals surface area contributed by atoms with Gasteiger partial charge in [-0.25, -0.2) is 4.79 Å². The van der Waals surface area contributed by atoms with Crippen LogP contribution in [0.2, 0.25) is 0 Å². The van der Waals surface area contributed by atoms with Gasteiger partial charge >= 0.3 is 12.0 Å². The smallest absolute Gasteiger partial charge is 0.326 e. The second kappa shape index (κ2) is 11.1. The maximum Gasteiger partial charge on any atom is 0.326 e. The van der Waals surface area contributed by atoms with Gasteiger partial charge in [-0.15, -0.1) is 0 Å². The number of nitrogens with zero attached hydrogens (tertiary/aromatic N) is 2. The molecule has 0 unspecified atom stereocenters. The van der Waals surface area contributed by atoms with Gasteiger partial charge in [-0.05, 0) is 48.4 Å². The lowest BCUT2D eigenvalue weighted by Crippen LogP contribution is -2.37. The zero-order valence-corrected chi connectivity index (χ0v) is 18.0. The summed E-state index contributed by atoms with van der Waals surface area (Å²) in [7, 11) is -2.32. The summed E-state index contributed by atoms with van der Waals surface area (Å²) >= 11 is 0. The Balaban J connectivity index is 2.15. The van der Waals surface area contributed by atoms with Gasteiger partial charge in [0.1, 0.15) is 0 Å². The van der Waals surface area contributed by atoms with E-state index in [1.165, 1.54) is 12.0 Å². The van der Waals surface area contributed by atoms with Gasteiger partial charge in [-0.2, -0.15) is 13.7 Å². The fraction of sp³-hybridized carbons (Fsp3) is 0.286. The number of anilines is 2. The summed E-state index contributed by atoms with van der Waals surface area (Å²) in [5.41, 5.74) is 2.34. The fourth-order valence-electron chi connectivity index (χ4n) is 2.64. The molecule has 10 heteroatoms. The lowest BCUT2D eigenvalue weighted by atomic mass is 10.1. The van der Waals surface area contributed by atoms with Gasteiger partial charge in [0.25, 0.3) is 10.1 Å². The Hall–Kier alpha value is -3.42. The number of amides is 2. The Morgan fingerprint density at radius 2 is 1.74 bits per heavy atom. The highest BCUT2D eigenvalue weighted by Crippen LogP contribution is 2.19. The Kier molecular flexibility index (Phi) is 8.54. The normalized spacial score (nSPS) is 10.7. The number of carbonyl (C=O) groups excluding carboxylic acids is 2. The Morgan fingerprint density at radius 1 is 1.10 bits per heavy atom. The van der Waals surface area contributed by atoms with E-state index >= 15 is 0 Å². The zero-order chi connectivity index (χ0) is 22.9. The highest BCUT2D eigenvalue weighted by atomic mass is 32.2. The molecule has 9 nitrogen and oxygen atoms in total. The van der Waals surface area contributed by atoms with Crippen LogP contribution in [0, 0.1) is 11.3 Å². The molecule has 2 rings (SSSR count). The number of hydrogen-bond acceptors (Lipinski definition) is 7. The minimum Gasteiger partial charge on any atom is -0.469 e. The number of rotatable bonds is 9. The van der Waals surface area contributed by atoms with Crippen molar-refractivity contribution in [3.05, 3.63) is 59.7 Å². The molecular formula is C21H23N3O6S. The third-order valence-electron chi connectivity index (χ3n) is 4.22. The van der Waals surface area contributed by atoms with Crippen LogP contribution >= 0.6 is 0 Å². The van der Waals surface area contributed by atoms with Gasteiger partial charge in [0.05, 0.1) is 38.1 Å². The van der Waals surface area contributed by atoms with E-state index in [1.807, 2.05) is 6.07 Å². The molecule has 0 fully saturated rings. The van der Waals surface area contributed by atoms with Gasteiger partial charge in [0.15, 0.2) is 0 Å². The lowest BCUT2D eigenvalue weighted by molar-refractivity contribution is -0.140. The molecule has 0 radical (unpaired) electrons. The van der Waals surface area contributed by atoms with E-state index in [0.717, 1.165) is 11.8 Å². The molecule has 0 heterocycles. The highest BCUT2D eigenvalue weighted by Gasteiger charge is 2.17. The second-order valence-electron chi connectivity index (χ2n) is 6.54. The lowest BCUT2D eigenvalue weighted by Gasteiger charge is -2.23. The molecule has 2 aromatic rings. The predicted octanol–water partition coefficient (Wildman–Crippen LogP) is 2.68. The van der Waals surface area contributed by atoms with E-state index in [2.05, 4.69) is 10.1 Å². The summed E-state index contributed by atoms with van der Waals surface area (Å²) in [5.74, 6) is -0.314. The molecule has 31 heavy (non-hydrogen) atoms. The number of ether oxygens (including phenoxy) is 1. The van der Waals surface area contributed by atoms with Gasteiger partial charge in [-0.3, -0.25) is 13.9 Å². The molecule has 0 aliphatic rings. The van der Waals surface area contributed by atoms with Crippen LogP contribution in [0.25, 0.3) is 0 Å². The maximum atomic E-state index is 12.8. The second-order valence-corrected chi connectivity index (χ2v) is 8.18. The standard InChI is InChI=1S/C21H23N3O6S/c1-29-20(25)12-7-16-5-10-19(11-6-16)24(13-14-30-31(2,27)28)21(26)23-18-8-3-17(15-22)4-9-18/h3-6,8-11H,7,12-14H2,1-2H3,(H,23,26). The number of hydrogen-bond donors (Lipinski definition) is 1. The molecular weight excluding hydrogens is 422 g/mol. The molecule has 164 valence electrons. The Labute approximate surface area is 181 Å².